The van der Waals surface area contributed by atoms with Gasteiger partial charge >= 0.3 is 6.18 Å². The molecule has 1 aliphatic carbocycles. The first-order chi connectivity index (χ1) is 13.1. The van der Waals surface area contributed by atoms with Crippen LogP contribution in [0.5, 0.6) is 0 Å². The Hall–Kier alpha value is -1.60. The molecule has 1 aliphatic heterocycles. The monoisotopic (exact) mass is 432 g/mol. The number of carbonyl (C=O) groups excluding carboxylic acids is 2. The van der Waals surface area contributed by atoms with Gasteiger partial charge in [0.05, 0.1) is 5.56 Å². The van der Waals surface area contributed by atoms with E-state index in [9.17, 15) is 22.8 Å². The third-order valence-electron chi connectivity index (χ3n) is 6.12. The minimum absolute atomic E-state index is 0. The first kappa shape index (κ1) is 23.7. The molecule has 0 N–H and O–H groups in total. The maximum Gasteiger partial charge on any atom is 0.416 e. The molecule has 0 radical (unpaired) electrons. The van der Waals surface area contributed by atoms with E-state index in [0.29, 0.717) is 13.1 Å². The number of hydrogen-bond acceptors (Lipinski definition) is 3. The Morgan fingerprint density at radius 3 is 2.00 bits per heavy atom. The van der Waals surface area contributed by atoms with Gasteiger partial charge in [-0.2, -0.15) is 13.2 Å². The quantitative estimate of drug-likeness (QED) is 0.625. The van der Waals surface area contributed by atoms with Crippen LogP contribution >= 0.6 is 12.4 Å². The fourth-order valence-corrected chi connectivity index (χ4v) is 3.95. The van der Waals surface area contributed by atoms with Gasteiger partial charge in [-0.25, -0.2) is 0 Å². The summed E-state index contributed by atoms with van der Waals surface area (Å²) >= 11 is 0. The van der Waals surface area contributed by atoms with Gasteiger partial charge in [-0.15, -0.1) is 12.4 Å². The minimum atomic E-state index is -4.42. The van der Waals surface area contributed by atoms with Crippen molar-refractivity contribution in [3.63, 3.8) is 0 Å². The molecule has 0 aromatic heterocycles. The molecule has 0 unspecified atom stereocenters. The molecule has 0 bridgehead atoms. The van der Waals surface area contributed by atoms with Crippen molar-refractivity contribution in [1.29, 1.82) is 0 Å². The predicted molar refractivity (Wildman–Crippen MR) is 107 cm³/mol. The van der Waals surface area contributed by atoms with E-state index in [1.54, 1.807) is 4.90 Å². The van der Waals surface area contributed by atoms with E-state index in [4.69, 9.17) is 0 Å². The summed E-state index contributed by atoms with van der Waals surface area (Å²) in [7, 11) is 0. The molecule has 2 fully saturated rings. The van der Waals surface area contributed by atoms with Crippen molar-refractivity contribution < 1.29 is 22.8 Å². The zero-order chi connectivity index (χ0) is 20.5. The normalized spacial score (nSPS) is 18.3. The van der Waals surface area contributed by atoms with Crippen LogP contribution in [0.1, 0.15) is 55.5 Å². The van der Waals surface area contributed by atoms with Gasteiger partial charge in [0, 0.05) is 50.1 Å². The van der Waals surface area contributed by atoms with Crippen LogP contribution < -0.4 is 0 Å². The lowest BCUT2D eigenvalue weighted by Crippen LogP contribution is -2.56. The molecule has 162 valence electrons. The number of benzene rings is 1. The Balaban J connectivity index is 0.00000300. The highest BCUT2D eigenvalue weighted by Gasteiger charge is 2.42. The standard InChI is InChI=1S/C21H27F3N2O2.ClH/c1-20(2,16-7-8-16)26-13-11-25(12-14-26)19(28)10-9-18(27)15-3-5-17(6-4-15)21(22,23)24;/h3-6,16H,7-14H2,1-2H3;1H. The molecule has 1 amide bonds. The van der Waals surface area contributed by atoms with Crippen LogP contribution in [0.2, 0.25) is 0 Å². The number of amides is 1. The average Bonchev–Trinajstić information content (AvgIpc) is 3.51. The lowest BCUT2D eigenvalue weighted by molar-refractivity contribution is -0.137. The Kier molecular flexibility index (Phi) is 7.38. The summed E-state index contributed by atoms with van der Waals surface area (Å²) in [5.41, 5.74) is -0.405. The largest absolute Gasteiger partial charge is 0.416 e. The minimum Gasteiger partial charge on any atom is -0.340 e. The molecule has 1 saturated heterocycles. The Morgan fingerprint density at radius 2 is 1.52 bits per heavy atom. The van der Waals surface area contributed by atoms with E-state index >= 15 is 0 Å². The molecule has 29 heavy (non-hydrogen) atoms. The summed E-state index contributed by atoms with van der Waals surface area (Å²) in [5, 5.41) is 0. The number of hydrogen-bond donors (Lipinski definition) is 0. The van der Waals surface area contributed by atoms with Crippen molar-refractivity contribution in [1.82, 2.24) is 9.80 Å². The van der Waals surface area contributed by atoms with Crippen molar-refractivity contribution in [3.8, 4) is 0 Å². The van der Waals surface area contributed by atoms with Gasteiger partial charge in [0.2, 0.25) is 5.91 Å². The van der Waals surface area contributed by atoms with Gasteiger partial charge in [0.25, 0.3) is 0 Å². The molecule has 8 heteroatoms. The Labute approximate surface area is 175 Å². The van der Waals surface area contributed by atoms with Crippen LogP contribution in [-0.2, 0) is 11.0 Å². The number of ketones is 1. The van der Waals surface area contributed by atoms with Crippen molar-refractivity contribution in [2.24, 2.45) is 5.92 Å². The summed E-state index contributed by atoms with van der Waals surface area (Å²) in [4.78, 5) is 28.9. The van der Waals surface area contributed by atoms with Gasteiger partial charge < -0.3 is 4.90 Å². The highest BCUT2D eigenvalue weighted by molar-refractivity contribution is 5.98. The zero-order valence-electron chi connectivity index (χ0n) is 16.8. The average molecular weight is 433 g/mol. The summed E-state index contributed by atoms with van der Waals surface area (Å²) < 4.78 is 37.8. The predicted octanol–water partition coefficient (Wildman–Crippen LogP) is 4.42. The van der Waals surface area contributed by atoms with E-state index < -0.39 is 11.7 Å². The number of piperazine rings is 1. The summed E-state index contributed by atoms with van der Waals surface area (Å²) in [6, 6.07) is 4.15. The third-order valence-corrected chi connectivity index (χ3v) is 6.12. The molecule has 0 atom stereocenters. The highest BCUT2D eigenvalue weighted by atomic mass is 35.5. The van der Waals surface area contributed by atoms with Crippen LogP contribution in [0.3, 0.4) is 0 Å². The van der Waals surface area contributed by atoms with Gasteiger partial charge in [-0.05, 0) is 44.7 Å². The van der Waals surface area contributed by atoms with Crippen molar-refractivity contribution in [2.45, 2.75) is 51.2 Å². The van der Waals surface area contributed by atoms with E-state index in [0.717, 1.165) is 31.1 Å². The fourth-order valence-electron chi connectivity index (χ4n) is 3.95. The maximum atomic E-state index is 12.6. The molecular formula is C21H28ClF3N2O2. The SMILES string of the molecule is CC(C)(C1CC1)N1CCN(C(=O)CCC(=O)c2ccc(C(F)(F)F)cc2)CC1.Cl. The lowest BCUT2D eigenvalue weighted by Gasteiger charge is -2.44. The molecule has 4 nitrogen and oxygen atoms in total. The number of rotatable bonds is 6. The van der Waals surface area contributed by atoms with Crippen LogP contribution in [0, 0.1) is 5.92 Å². The second-order valence-electron chi connectivity index (χ2n) is 8.29. The van der Waals surface area contributed by atoms with Crippen LogP contribution in [0.25, 0.3) is 0 Å². The Morgan fingerprint density at radius 1 is 0.966 bits per heavy atom. The fraction of sp³-hybridized carbons (Fsp3) is 0.619. The summed E-state index contributed by atoms with van der Waals surface area (Å²) in [5.74, 6) is 0.371. The van der Waals surface area contributed by atoms with Gasteiger partial charge in [-0.1, -0.05) is 12.1 Å². The molecule has 1 aromatic carbocycles. The lowest BCUT2D eigenvalue weighted by atomic mass is 9.95. The van der Waals surface area contributed by atoms with Gasteiger partial charge in [0.1, 0.15) is 0 Å². The maximum absolute atomic E-state index is 12.6. The zero-order valence-corrected chi connectivity index (χ0v) is 17.6. The first-order valence-electron chi connectivity index (χ1n) is 9.82. The number of nitrogens with zero attached hydrogens (tertiary/aromatic N) is 2. The second-order valence-corrected chi connectivity index (χ2v) is 8.29. The van der Waals surface area contributed by atoms with Crippen LogP contribution in [0.15, 0.2) is 24.3 Å². The number of carbonyl (C=O) groups is 2. The van der Waals surface area contributed by atoms with Crippen LogP contribution in [0.4, 0.5) is 13.2 Å². The molecule has 1 saturated carbocycles. The smallest absolute Gasteiger partial charge is 0.340 e. The third kappa shape index (κ3) is 5.72. The van der Waals surface area contributed by atoms with Gasteiger partial charge in [-0.3, -0.25) is 14.5 Å². The van der Waals surface area contributed by atoms with Crippen molar-refractivity contribution >= 4 is 24.1 Å². The van der Waals surface area contributed by atoms with Crippen molar-refractivity contribution in [2.75, 3.05) is 26.2 Å². The van der Waals surface area contributed by atoms with E-state index in [-0.39, 0.29) is 48.0 Å². The molecule has 1 aromatic rings. The number of halogens is 4. The second kappa shape index (κ2) is 9.04. The molecular weight excluding hydrogens is 405 g/mol. The topological polar surface area (TPSA) is 40.6 Å². The Bertz CT molecular complexity index is 722. The molecule has 1 heterocycles. The summed E-state index contributed by atoms with van der Waals surface area (Å²) in [6.07, 6.45) is -1.77. The van der Waals surface area contributed by atoms with E-state index in [1.165, 1.54) is 25.0 Å². The number of Topliss-reactive ketones (excluding diaryl/α,β-unsaturated/α-hetero) is 1. The van der Waals surface area contributed by atoms with Gasteiger partial charge in [0.15, 0.2) is 5.78 Å². The van der Waals surface area contributed by atoms with Crippen LogP contribution in [-0.4, -0.2) is 53.2 Å². The molecule has 0 spiro atoms. The summed E-state index contributed by atoms with van der Waals surface area (Å²) in [6.45, 7) is 7.52. The van der Waals surface area contributed by atoms with E-state index in [2.05, 4.69) is 18.7 Å². The molecule has 2 aliphatic rings. The molecule has 3 rings (SSSR count). The highest BCUT2D eigenvalue weighted by Crippen LogP contribution is 2.43. The first-order valence-corrected chi connectivity index (χ1v) is 9.82. The van der Waals surface area contributed by atoms with E-state index in [1.807, 2.05) is 0 Å². The number of alkyl halides is 3. The van der Waals surface area contributed by atoms with Crippen molar-refractivity contribution in [3.05, 3.63) is 35.4 Å².